The number of hydrogen-bond acceptors (Lipinski definition) is 5. The van der Waals surface area contributed by atoms with Crippen LogP contribution in [0.1, 0.15) is 35.7 Å². The Labute approximate surface area is 219 Å². The Morgan fingerprint density at radius 1 is 1.03 bits per heavy atom. The number of thioether (sulfide) groups is 1. The largest absolute Gasteiger partial charge is 0.493 e. The number of rotatable bonds is 10. The summed E-state index contributed by atoms with van der Waals surface area (Å²) in [5.41, 5.74) is 3.03. The molecule has 3 aromatic carbocycles. The van der Waals surface area contributed by atoms with Crippen molar-refractivity contribution in [2.24, 2.45) is 10.2 Å². The van der Waals surface area contributed by atoms with Crippen LogP contribution < -0.4 is 5.32 Å². The second-order valence-electron chi connectivity index (χ2n) is 8.45. The lowest BCUT2D eigenvalue weighted by Crippen LogP contribution is -2.04. The van der Waals surface area contributed by atoms with Gasteiger partial charge in [-0.05, 0) is 60.9 Å². The number of carbonyl (C=O) groups is 2. The van der Waals surface area contributed by atoms with E-state index in [4.69, 9.17) is 5.11 Å². The van der Waals surface area contributed by atoms with Gasteiger partial charge >= 0.3 is 12.0 Å². The van der Waals surface area contributed by atoms with Crippen LogP contribution in [0.2, 0.25) is 0 Å². The maximum absolute atomic E-state index is 12.3. The molecule has 2 amide bonds. The predicted molar refractivity (Wildman–Crippen MR) is 146 cm³/mol. The Kier molecular flexibility index (Phi) is 8.58. The lowest BCUT2D eigenvalue weighted by atomic mass is 10.1. The number of anilines is 1. The van der Waals surface area contributed by atoms with Crippen molar-refractivity contribution < 1.29 is 19.8 Å². The molecule has 4 aromatic rings. The van der Waals surface area contributed by atoms with Crippen molar-refractivity contribution in [3.05, 3.63) is 83.9 Å². The average molecular weight is 517 g/mol. The van der Waals surface area contributed by atoms with Crippen LogP contribution in [-0.2, 0) is 13.0 Å². The number of azo groups is 1. The lowest BCUT2D eigenvalue weighted by molar-refractivity contribution is 0.0697. The summed E-state index contributed by atoms with van der Waals surface area (Å²) in [6.07, 6.45) is 2.63. The SMILES string of the molecule is CCCCn1c(O)c(N=NC(=O)Nc2ccccc2)c2cc(SCCc3ccc(C(=O)O)cc3)ccc21. The van der Waals surface area contributed by atoms with Crippen molar-refractivity contribution >= 4 is 46.0 Å². The van der Waals surface area contributed by atoms with E-state index in [9.17, 15) is 14.7 Å². The van der Waals surface area contributed by atoms with Gasteiger partial charge in [0.25, 0.3) is 0 Å². The number of aromatic nitrogens is 1. The number of aryl methyl sites for hydroxylation is 2. The summed E-state index contributed by atoms with van der Waals surface area (Å²) in [6, 6.07) is 21.2. The third kappa shape index (κ3) is 6.56. The molecule has 9 heteroatoms. The van der Waals surface area contributed by atoms with Gasteiger partial charge in [-0.2, -0.15) is 0 Å². The normalized spacial score (nSPS) is 11.3. The number of benzene rings is 3. The summed E-state index contributed by atoms with van der Waals surface area (Å²) >= 11 is 1.65. The minimum atomic E-state index is -0.936. The number of carboxylic acid groups (broad SMARTS) is 1. The fourth-order valence-corrected chi connectivity index (χ4v) is 4.84. The number of aromatic carboxylic acids is 1. The Bertz CT molecular complexity index is 1420. The zero-order valence-electron chi connectivity index (χ0n) is 20.4. The molecule has 0 bridgehead atoms. The quantitative estimate of drug-likeness (QED) is 0.149. The molecule has 8 nitrogen and oxygen atoms in total. The molecule has 3 N–H and O–H groups in total. The predicted octanol–water partition coefficient (Wildman–Crippen LogP) is 7.50. The molecule has 0 spiro atoms. The van der Waals surface area contributed by atoms with Crippen molar-refractivity contribution in [1.82, 2.24) is 4.57 Å². The number of fused-ring (bicyclic) bond motifs is 1. The number of carboxylic acids is 1. The van der Waals surface area contributed by atoms with Gasteiger partial charge in [-0.3, -0.25) is 0 Å². The van der Waals surface area contributed by atoms with Crippen molar-refractivity contribution in [3.8, 4) is 5.88 Å². The van der Waals surface area contributed by atoms with Gasteiger partial charge < -0.3 is 20.1 Å². The summed E-state index contributed by atoms with van der Waals surface area (Å²) < 4.78 is 1.81. The third-order valence-corrected chi connectivity index (χ3v) is 6.84. The molecule has 0 fully saturated rings. The Balaban J connectivity index is 1.53. The maximum Gasteiger partial charge on any atom is 0.364 e. The smallest absolute Gasteiger partial charge is 0.364 e. The highest BCUT2D eigenvalue weighted by Crippen LogP contribution is 2.41. The summed E-state index contributed by atoms with van der Waals surface area (Å²) in [4.78, 5) is 24.3. The Hall–Kier alpha value is -4.11. The average Bonchev–Trinajstić information content (AvgIpc) is 3.16. The molecule has 1 heterocycles. The summed E-state index contributed by atoms with van der Waals surface area (Å²) in [5, 5.41) is 31.3. The number of hydrogen-bond donors (Lipinski definition) is 3. The van der Waals surface area contributed by atoms with Gasteiger partial charge in [0.15, 0.2) is 5.69 Å². The third-order valence-electron chi connectivity index (χ3n) is 5.84. The molecule has 0 unspecified atom stereocenters. The first-order valence-electron chi connectivity index (χ1n) is 12.0. The highest BCUT2D eigenvalue weighted by atomic mass is 32.2. The number of nitrogens with one attached hydrogen (secondary N) is 1. The number of aromatic hydroxyl groups is 1. The summed E-state index contributed by atoms with van der Waals surface area (Å²) in [6.45, 7) is 2.71. The molecule has 0 saturated carbocycles. The first-order valence-corrected chi connectivity index (χ1v) is 13.0. The molecule has 1 aromatic heterocycles. The fourth-order valence-electron chi connectivity index (χ4n) is 3.90. The first kappa shape index (κ1) is 26.0. The van der Waals surface area contributed by atoms with Gasteiger partial charge in [0.2, 0.25) is 5.88 Å². The fraction of sp³-hybridized carbons (Fsp3) is 0.214. The zero-order chi connectivity index (χ0) is 26.2. The number of nitrogens with zero attached hydrogens (tertiary/aromatic N) is 3. The molecule has 4 rings (SSSR count). The van der Waals surface area contributed by atoms with Gasteiger partial charge in [-0.1, -0.05) is 48.8 Å². The molecule has 0 aliphatic rings. The lowest BCUT2D eigenvalue weighted by Gasteiger charge is -2.06. The molecule has 0 aliphatic carbocycles. The van der Waals surface area contributed by atoms with Crippen LogP contribution in [0.3, 0.4) is 0 Å². The number of carbonyl (C=O) groups excluding carboxylic acids is 1. The molecule has 0 aliphatic heterocycles. The maximum atomic E-state index is 12.3. The van der Waals surface area contributed by atoms with E-state index in [1.54, 1.807) is 40.6 Å². The van der Waals surface area contributed by atoms with Crippen molar-refractivity contribution in [2.45, 2.75) is 37.6 Å². The zero-order valence-corrected chi connectivity index (χ0v) is 21.2. The molecule has 0 radical (unpaired) electrons. The van der Waals surface area contributed by atoms with Gasteiger partial charge in [0, 0.05) is 28.3 Å². The first-order chi connectivity index (χ1) is 18.0. The second-order valence-corrected chi connectivity index (χ2v) is 9.62. The Morgan fingerprint density at radius 3 is 2.49 bits per heavy atom. The molecule has 0 saturated heterocycles. The van der Waals surface area contributed by atoms with Crippen molar-refractivity contribution in [1.29, 1.82) is 0 Å². The van der Waals surface area contributed by atoms with Crippen molar-refractivity contribution in [3.63, 3.8) is 0 Å². The molecular weight excluding hydrogens is 488 g/mol. The molecule has 37 heavy (non-hydrogen) atoms. The van der Waals surface area contributed by atoms with Crippen LogP contribution in [0.25, 0.3) is 10.9 Å². The van der Waals surface area contributed by atoms with Gasteiger partial charge in [0.1, 0.15) is 0 Å². The summed E-state index contributed by atoms with van der Waals surface area (Å²) in [7, 11) is 0. The van der Waals surface area contributed by atoms with E-state index >= 15 is 0 Å². The van der Waals surface area contributed by atoms with Crippen LogP contribution in [0.4, 0.5) is 16.2 Å². The van der Waals surface area contributed by atoms with E-state index < -0.39 is 12.0 Å². The number of amides is 2. The molecular formula is C28H28N4O4S. The van der Waals surface area contributed by atoms with Gasteiger partial charge in [-0.15, -0.1) is 16.9 Å². The number of urea groups is 1. The van der Waals surface area contributed by atoms with Crippen LogP contribution in [0, 0.1) is 0 Å². The van der Waals surface area contributed by atoms with Gasteiger partial charge in [0.05, 0.1) is 11.1 Å². The van der Waals surface area contributed by atoms with E-state index in [0.29, 0.717) is 12.2 Å². The minimum Gasteiger partial charge on any atom is -0.493 e. The second kappa shape index (κ2) is 12.2. The van der Waals surface area contributed by atoms with Crippen LogP contribution in [-0.4, -0.2) is 32.5 Å². The van der Waals surface area contributed by atoms with E-state index in [1.807, 2.05) is 48.5 Å². The van der Waals surface area contributed by atoms with E-state index in [-0.39, 0.29) is 17.1 Å². The van der Waals surface area contributed by atoms with Gasteiger partial charge in [-0.25, -0.2) is 9.59 Å². The minimum absolute atomic E-state index is 0.0135. The Morgan fingerprint density at radius 2 is 1.78 bits per heavy atom. The van der Waals surface area contributed by atoms with Crippen LogP contribution in [0.15, 0.2) is 87.9 Å². The van der Waals surface area contributed by atoms with Crippen molar-refractivity contribution in [2.75, 3.05) is 11.1 Å². The van der Waals surface area contributed by atoms with E-state index in [0.717, 1.165) is 46.4 Å². The van der Waals surface area contributed by atoms with Crippen LogP contribution >= 0.6 is 11.8 Å². The molecule has 190 valence electrons. The summed E-state index contributed by atoms with van der Waals surface area (Å²) in [5.74, 6) is -0.161. The van der Waals surface area contributed by atoms with E-state index in [2.05, 4.69) is 22.5 Å². The monoisotopic (exact) mass is 516 g/mol. The number of unbranched alkanes of at least 4 members (excludes halogenated alkanes) is 1. The topological polar surface area (TPSA) is 116 Å². The number of para-hydroxylation sites is 1. The standard InChI is InChI=1S/C28H28N4O4S/c1-2-3-16-32-24-14-13-22(37-17-15-19-9-11-20(12-10-19)27(34)35)18-23(24)25(26(32)33)30-31-28(36)29-21-7-5-4-6-8-21/h4-14,18,33H,2-3,15-17H2,1H3,(H,29,36)(H,34,35). The van der Waals surface area contributed by atoms with E-state index in [1.165, 1.54) is 0 Å². The highest BCUT2D eigenvalue weighted by Gasteiger charge is 2.17. The van der Waals surface area contributed by atoms with Crippen LogP contribution in [0.5, 0.6) is 5.88 Å². The highest BCUT2D eigenvalue weighted by molar-refractivity contribution is 7.99. The molecule has 0 atom stereocenters.